The van der Waals surface area contributed by atoms with Gasteiger partial charge in [0.15, 0.2) is 0 Å². The number of amides is 1. The average molecular weight is 267 g/mol. The predicted octanol–water partition coefficient (Wildman–Crippen LogP) is 1.48. The molecular formula is C15H29N3O. The van der Waals surface area contributed by atoms with E-state index in [2.05, 4.69) is 36.3 Å². The number of nitrogens with one attached hydrogen (secondary N) is 1. The average Bonchev–Trinajstić information content (AvgIpc) is 2.84. The van der Waals surface area contributed by atoms with Crippen molar-refractivity contribution in [3.8, 4) is 0 Å². The normalized spacial score (nSPS) is 23.4. The molecule has 1 aliphatic heterocycles. The topological polar surface area (TPSA) is 35.6 Å². The zero-order valence-electron chi connectivity index (χ0n) is 12.9. The van der Waals surface area contributed by atoms with Crippen molar-refractivity contribution in [3.05, 3.63) is 12.2 Å². The van der Waals surface area contributed by atoms with Gasteiger partial charge in [0.05, 0.1) is 6.04 Å². The molecule has 2 atom stereocenters. The van der Waals surface area contributed by atoms with Crippen molar-refractivity contribution in [2.75, 3.05) is 34.2 Å². The van der Waals surface area contributed by atoms with Gasteiger partial charge in [0, 0.05) is 26.7 Å². The van der Waals surface area contributed by atoms with E-state index in [1.54, 1.807) is 4.90 Å². The van der Waals surface area contributed by atoms with Crippen molar-refractivity contribution in [3.63, 3.8) is 0 Å². The van der Waals surface area contributed by atoms with Crippen molar-refractivity contribution in [1.82, 2.24) is 15.1 Å². The molecule has 19 heavy (non-hydrogen) atoms. The van der Waals surface area contributed by atoms with Gasteiger partial charge in [0.1, 0.15) is 0 Å². The molecular weight excluding hydrogens is 238 g/mol. The number of carbonyl (C=O) groups is 1. The maximum absolute atomic E-state index is 11.8. The second-order valence-corrected chi connectivity index (χ2v) is 5.68. The van der Waals surface area contributed by atoms with Crippen molar-refractivity contribution >= 4 is 5.91 Å². The van der Waals surface area contributed by atoms with Crippen LogP contribution < -0.4 is 5.32 Å². The monoisotopic (exact) mass is 267 g/mol. The number of allylic oxidation sites excluding steroid dienone is 1. The maximum atomic E-state index is 11.8. The molecule has 0 spiro atoms. The van der Waals surface area contributed by atoms with Gasteiger partial charge in [-0.3, -0.25) is 4.79 Å². The number of likely N-dealkylation sites (N-methyl/N-ethyl adjacent to an activating group) is 1. The summed E-state index contributed by atoms with van der Waals surface area (Å²) in [5.41, 5.74) is 0. The summed E-state index contributed by atoms with van der Waals surface area (Å²) < 4.78 is 0. The fraction of sp³-hybridized carbons (Fsp3) is 0.800. The molecule has 1 saturated heterocycles. The van der Waals surface area contributed by atoms with Crippen LogP contribution in [0.3, 0.4) is 0 Å². The van der Waals surface area contributed by atoms with Gasteiger partial charge >= 0.3 is 0 Å². The number of hydrogen-bond acceptors (Lipinski definition) is 3. The smallest absolute Gasteiger partial charge is 0.239 e. The summed E-state index contributed by atoms with van der Waals surface area (Å²) in [4.78, 5) is 15.9. The van der Waals surface area contributed by atoms with Crippen molar-refractivity contribution < 1.29 is 4.79 Å². The van der Waals surface area contributed by atoms with Crippen LogP contribution in [0.15, 0.2) is 12.2 Å². The Hall–Kier alpha value is -0.870. The van der Waals surface area contributed by atoms with Gasteiger partial charge in [-0.05, 0) is 46.2 Å². The van der Waals surface area contributed by atoms with Gasteiger partial charge in [0.2, 0.25) is 5.91 Å². The van der Waals surface area contributed by atoms with Crippen molar-refractivity contribution in [2.45, 2.75) is 44.7 Å². The van der Waals surface area contributed by atoms with Gasteiger partial charge in [-0.2, -0.15) is 0 Å². The van der Waals surface area contributed by atoms with Gasteiger partial charge in [-0.15, -0.1) is 0 Å². The third-order valence-corrected chi connectivity index (χ3v) is 3.75. The van der Waals surface area contributed by atoms with E-state index in [1.807, 2.05) is 14.1 Å². The minimum atomic E-state index is 0.0355. The van der Waals surface area contributed by atoms with E-state index in [-0.39, 0.29) is 11.9 Å². The van der Waals surface area contributed by atoms with Crippen LogP contribution in [-0.4, -0.2) is 62.0 Å². The molecule has 0 radical (unpaired) electrons. The maximum Gasteiger partial charge on any atom is 0.239 e. The summed E-state index contributed by atoms with van der Waals surface area (Å²) in [6.45, 7) is 4.26. The molecule has 0 saturated carbocycles. The summed E-state index contributed by atoms with van der Waals surface area (Å²) in [6.07, 6.45) is 8.65. The highest BCUT2D eigenvalue weighted by Gasteiger charge is 2.29. The van der Waals surface area contributed by atoms with Crippen LogP contribution in [0.1, 0.15) is 32.6 Å². The van der Waals surface area contributed by atoms with E-state index in [0.717, 1.165) is 38.8 Å². The van der Waals surface area contributed by atoms with E-state index >= 15 is 0 Å². The van der Waals surface area contributed by atoms with E-state index < -0.39 is 0 Å². The first-order chi connectivity index (χ1) is 9.04. The second kappa shape index (κ2) is 8.33. The highest BCUT2D eigenvalue weighted by Crippen LogP contribution is 2.16. The molecule has 0 aromatic heterocycles. The molecule has 1 aliphatic rings. The molecule has 0 aromatic carbocycles. The Labute approximate surface area is 117 Å². The summed E-state index contributed by atoms with van der Waals surface area (Å²) in [7, 11) is 5.82. The Kier molecular flexibility index (Phi) is 7.10. The number of carbonyl (C=O) groups excluding carboxylic acids is 1. The minimum absolute atomic E-state index is 0.0355. The Morgan fingerprint density at radius 1 is 1.26 bits per heavy atom. The lowest BCUT2D eigenvalue weighted by Crippen LogP contribution is -2.42. The molecule has 4 heteroatoms. The lowest BCUT2D eigenvalue weighted by Gasteiger charge is -2.20. The van der Waals surface area contributed by atoms with E-state index in [4.69, 9.17) is 0 Å². The molecule has 1 fully saturated rings. The van der Waals surface area contributed by atoms with Crippen LogP contribution in [0.2, 0.25) is 0 Å². The van der Waals surface area contributed by atoms with E-state index in [0.29, 0.717) is 6.04 Å². The van der Waals surface area contributed by atoms with Crippen molar-refractivity contribution in [1.29, 1.82) is 0 Å². The lowest BCUT2D eigenvalue weighted by atomic mass is 10.1. The third kappa shape index (κ3) is 5.74. The molecule has 0 aliphatic carbocycles. The number of rotatable bonds is 7. The Bertz CT molecular complexity index is 302. The quantitative estimate of drug-likeness (QED) is 0.710. The van der Waals surface area contributed by atoms with Crippen LogP contribution >= 0.6 is 0 Å². The van der Waals surface area contributed by atoms with Crippen LogP contribution in [-0.2, 0) is 4.79 Å². The highest BCUT2D eigenvalue weighted by molar-refractivity contribution is 5.81. The molecule has 2 unspecified atom stereocenters. The fourth-order valence-electron chi connectivity index (χ4n) is 2.50. The second-order valence-electron chi connectivity index (χ2n) is 5.68. The summed E-state index contributed by atoms with van der Waals surface area (Å²) >= 11 is 0. The molecule has 1 rings (SSSR count). The van der Waals surface area contributed by atoms with Crippen LogP contribution in [0, 0.1) is 0 Å². The van der Waals surface area contributed by atoms with Crippen LogP contribution in [0.4, 0.5) is 0 Å². The first kappa shape index (κ1) is 16.2. The van der Waals surface area contributed by atoms with Crippen LogP contribution in [0.25, 0.3) is 0 Å². The molecule has 110 valence electrons. The zero-order valence-corrected chi connectivity index (χ0v) is 12.9. The molecule has 0 aromatic rings. The summed E-state index contributed by atoms with van der Waals surface area (Å²) in [5.74, 6) is 0.212. The molecule has 1 N–H and O–H groups in total. The number of nitrogens with zero attached hydrogens (tertiary/aromatic N) is 2. The molecule has 1 amide bonds. The molecule has 0 bridgehead atoms. The first-order valence-corrected chi connectivity index (χ1v) is 7.31. The Balaban J connectivity index is 2.20. The standard InChI is InChI=1S/C15H29N3O/c1-5-6-7-11-18(4)12-10-13-8-9-14(16-13)15(19)17(2)3/h5-6,13-14,16H,7-12H2,1-4H3/b6-5+. The van der Waals surface area contributed by atoms with Crippen molar-refractivity contribution in [2.24, 2.45) is 0 Å². The van der Waals surface area contributed by atoms with E-state index in [9.17, 15) is 4.79 Å². The molecule has 4 nitrogen and oxygen atoms in total. The minimum Gasteiger partial charge on any atom is -0.347 e. The zero-order chi connectivity index (χ0) is 14.3. The summed E-state index contributed by atoms with van der Waals surface area (Å²) in [6, 6.07) is 0.534. The largest absolute Gasteiger partial charge is 0.347 e. The van der Waals surface area contributed by atoms with Gasteiger partial charge < -0.3 is 15.1 Å². The Morgan fingerprint density at radius 3 is 2.63 bits per heavy atom. The first-order valence-electron chi connectivity index (χ1n) is 7.31. The molecule has 1 heterocycles. The number of hydrogen-bond donors (Lipinski definition) is 1. The van der Waals surface area contributed by atoms with Gasteiger partial charge in [-0.25, -0.2) is 0 Å². The summed E-state index contributed by atoms with van der Waals surface area (Å²) in [5, 5.41) is 3.46. The van der Waals surface area contributed by atoms with Crippen LogP contribution in [0.5, 0.6) is 0 Å². The SMILES string of the molecule is C/C=C/CCN(C)CCC1CCC(C(=O)N(C)C)N1. The van der Waals surface area contributed by atoms with Gasteiger partial charge in [0.25, 0.3) is 0 Å². The predicted molar refractivity (Wildman–Crippen MR) is 80.2 cm³/mol. The van der Waals surface area contributed by atoms with Gasteiger partial charge in [-0.1, -0.05) is 12.2 Å². The Morgan fingerprint density at radius 2 is 2.00 bits per heavy atom. The van der Waals surface area contributed by atoms with E-state index in [1.165, 1.54) is 0 Å². The lowest BCUT2D eigenvalue weighted by molar-refractivity contribution is -0.130. The highest BCUT2D eigenvalue weighted by atomic mass is 16.2. The fourth-order valence-corrected chi connectivity index (χ4v) is 2.50. The third-order valence-electron chi connectivity index (χ3n) is 3.75.